The van der Waals surface area contributed by atoms with Crippen LogP contribution in [-0.2, 0) is 17.6 Å². The van der Waals surface area contributed by atoms with Crippen molar-refractivity contribution in [3.8, 4) is 0 Å². The number of nitrogens with one attached hydrogen (secondary N) is 1. The van der Waals surface area contributed by atoms with E-state index in [1.54, 1.807) is 11.3 Å². The lowest BCUT2D eigenvalue weighted by Crippen LogP contribution is -2.48. The van der Waals surface area contributed by atoms with Crippen molar-refractivity contribution in [2.24, 2.45) is 0 Å². The molecule has 1 aromatic heterocycles. The van der Waals surface area contributed by atoms with Crippen LogP contribution >= 0.6 is 11.3 Å². The normalized spacial score (nSPS) is 19.7. The molecule has 3 nitrogen and oxygen atoms in total. The SMILES string of the molecule is O=C(NC1COC1)c1cc2c(s1)CCC2. The predicted octanol–water partition coefficient (Wildman–Crippen LogP) is 1.37. The van der Waals surface area contributed by atoms with Gasteiger partial charge in [-0.3, -0.25) is 4.79 Å². The number of hydrogen-bond donors (Lipinski definition) is 1. The Labute approximate surface area is 92.4 Å². The lowest BCUT2D eigenvalue weighted by molar-refractivity contribution is -0.00339. The highest BCUT2D eigenvalue weighted by Gasteiger charge is 2.23. The lowest BCUT2D eigenvalue weighted by Gasteiger charge is -2.26. The maximum Gasteiger partial charge on any atom is 0.261 e. The van der Waals surface area contributed by atoms with Gasteiger partial charge in [0.05, 0.1) is 24.1 Å². The number of thiophene rings is 1. The van der Waals surface area contributed by atoms with Crippen LogP contribution in [0.1, 0.15) is 26.5 Å². The number of amides is 1. The molecule has 0 unspecified atom stereocenters. The van der Waals surface area contributed by atoms with Crippen molar-refractivity contribution in [2.75, 3.05) is 13.2 Å². The van der Waals surface area contributed by atoms with Gasteiger partial charge in [0.2, 0.25) is 0 Å². The van der Waals surface area contributed by atoms with Crippen LogP contribution in [0, 0.1) is 0 Å². The molecule has 4 heteroatoms. The zero-order chi connectivity index (χ0) is 10.3. The first-order valence-corrected chi connectivity index (χ1v) is 6.15. The van der Waals surface area contributed by atoms with Crippen molar-refractivity contribution >= 4 is 17.2 Å². The molecule has 0 bridgehead atoms. The van der Waals surface area contributed by atoms with E-state index < -0.39 is 0 Å². The van der Waals surface area contributed by atoms with Crippen LogP contribution in [0.5, 0.6) is 0 Å². The van der Waals surface area contributed by atoms with Gasteiger partial charge >= 0.3 is 0 Å². The molecule has 3 rings (SSSR count). The number of rotatable bonds is 2. The number of hydrogen-bond acceptors (Lipinski definition) is 3. The molecule has 2 heterocycles. The predicted molar refractivity (Wildman–Crippen MR) is 58.4 cm³/mol. The molecule has 0 spiro atoms. The average molecular weight is 223 g/mol. The molecule has 80 valence electrons. The highest BCUT2D eigenvalue weighted by atomic mass is 32.1. The van der Waals surface area contributed by atoms with Gasteiger partial charge in [-0.05, 0) is 30.9 Å². The molecule has 1 aliphatic carbocycles. The summed E-state index contributed by atoms with van der Waals surface area (Å²) in [6, 6.07) is 2.29. The van der Waals surface area contributed by atoms with Gasteiger partial charge < -0.3 is 10.1 Å². The fourth-order valence-electron chi connectivity index (χ4n) is 2.02. The van der Waals surface area contributed by atoms with E-state index in [1.165, 1.54) is 16.9 Å². The second kappa shape index (κ2) is 3.61. The Kier molecular flexibility index (Phi) is 2.25. The zero-order valence-corrected chi connectivity index (χ0v) is 9.23. The maximum absolute atomic E-state index is 11.8. The van der Waals surface area contributed by atoms with Gasteiger partial charge in [-0.15, -0.1) is 11.3 Å². The summed E-state index contributed by atoms with van der Waals surface area (Å²) in [5.41, 5.74) is 1.38. The molecular formula is C11H13NO2S. The highest BCUT2D eigenvalue weighted by Crippen LogP contribution is 2.30. The lowest BCUT2D eigenvalue weighted by atomic mass is 10.2. The molecule has 1 N–H and O–H groups in total. The summed E-state index contributed by atoms with van der Waals surface area (Å²) in [6.45, 7) is 1.33. The Hall–Kier alpha value is -0.870. The standard InChI is InChI=1S/C11H13NO2S/c13-11(12-8-5-14-6-8)10-4-7-2-1-3-9(7)15-10/h4,8H,1-3,5-6H2,(H,12,13). The summed E-state index contributed by atoms with van der Waals surface area (Å²) in [6.07, 6.45) is 3.55. The zero-order valence-electron chi connectivity index (χ0n) is 8.41. The second-order valence-corrected chi connectivity index (χ2v) is 5.26. The molecule has 0 aromatic carbocycles. The molecule has 1 aromatic rings. The Morgan fingerprint density at radius 3 is 3.00 bits per heavy atom. The fraction of sp³-hybridized carbons (Fsp3) is 0.545. The van der Waals surface area contributed by atoms with Gasteiger partial charge in [0, 0.05) is 4.88 Å². The number of carbonyl (C=O) groups is 1. The van der Waals surface area contributed by atoms with E-state index in [4.69, 9.17) is 4.74 Å². The van der Waals surface area contributed by atoms with Gasteiger partial charge in [0.15, 0.2) is 0 Å². The Morgan fingerprint density at radius 2 is 2.33 bits per heavy atom. The third-order valence-corrected chi connectivity index (χ3v) is 4.18. The Balaban J connectivity index is 1.71. The maximum atomic E-state index is 11.8. The summed E-state index contributed by atoms with van der Waals surface area (Å²) < 4.78 is 5.02. The molecule has 1 amide bonds. The first kappa shape index (κ1) is 9.36. The number of fused-ring (bicyclic) bond motifs is 1. The fourth-order valence-corrected chi connectivity index (χ4v) is 3.17. The first-order valence-electron chi connectivity index (χ1n) is 5.33. The molecule has 1 saturated heterocycles. The Morgan fingerprint density at radius 1 is 1.47 bits per heavy atom. The van der Waals surface area contributed by atoms with E-state index in [0.29, 0.717) is 13.2 Å². The smallest absolute Gasteiger partial charge is 0.261 e. The van der Waals surface area contributed by atoms with Crippen molar-refractivity contribution in [1.82, 2.24) is 5.32 Å². The minimum absolute atomic E-state index is 0.0719. The van der Waals surface area contributed by atoms with Crippen molar-refractivity contribution in [3.63, 3.8) is 0 Å². The quantitative estimate of drug-likeness (QED) is 0.822. The van der Waals surface area contributed by atoms with Crippen molar-refractivity contribution in [3.05, 3.63) is 21.4 Å². The summed E-state index contributed by atoms with van der Waals surface area (Å²) in [7, 11) is 0. The van der Waals surface area contributed by atoms with Crippen molar-refractivity contribution in [1.29, 1.82) is 0 Å². The highest BCUT2D eigenvalue weighted by molar-refractivity contribution is 7.14. The van der Waals surface area contributed by atoms with E-state index in [2.05, 4.69) is 11.4 Å². The molecule has 1 aliphatic heterocycles. The molecule has 1 fully saturated rings. The molecular weight excluding hydrogens is 210 g/mol. The van der Waals surface area contributed by atoms with Crippen molar-refractivity contribution < 1.29 is 9.53 Å². The van der Waals surface area contributed by atoms with Gasteiger partial charge in [-0.2, -0.15) is 0 Å². The van der Waals surface area contributed by atoms with Gasteiger partial charge in [-0.25, -0.2) is 0 Å². The minimum Gasteiger partial charge on any atom is -0.377 e. The van der Waals surface area contributed by atoms with Crippen molar-refractivity contribution in [2.45, 2.75) is 25.3 Å². The number of carbonyl (C=O) groups excluding carboxylic acids is 1. The van der Waals surface area contributed by atoms with Gasteiger partial charge in [-0.1, -0.05) is 0 Å². The summed E-state index contributed by atoms with van der Waals surface area (Å²) in [5.74, 6) is 0.0719. The summed E-state index contributed by atoms with van der Waals surface area (Å²) in [5, 5.41) is 2.97. The molecule has 2 aliphatic rings. The monoisotopic (exact) mass is 223 g/mol. The van der Waals surface area contributed by atoms with Gasteiger partial charge in [0.25, 0.3) is 5.91 Å². The van der Waals surface area contributed by atoms with Crippen LogP contribution in [0.25, 0.3) is 0 Å². The van der Waals surface area contributed by atoms with E-state index in [-0.39, 0.29) is 11.9 Å². The topological polar surface area (TPSA) is 38.3 Å². The first-order chi connectivity index (χ1) is 7.33. The molecule has 0 radical (unpaired) electrons. The average Bonchev–Trinajstić information content (AvgIpc) is 2.69. The van der Waals surface area contributed by atoms with Gasteiger partial charge in [0.1, 0.15) is 0 Å². The van der Waals surface area contributed by atoms with Crippen LogP contribution in [0.3, 0.4) is 0 Å². The van der Waals surface area contributed by atoms with Crippen LogP contribution < -0.4 is 5.32 Å². The summed E-state index contributed by atoms with van der Waals surface area (Å²) >= 11 is 1.65. The molecule has 15 heavy (non-hydrogen) atoms. The number of ether oxygens (including phenoxy) is 1. The minimum atomic E-state index is 0.0719. The van der Waals surface area contributed by atoms with Crippen LogP contribution in [-0.4, -0.2) is 25.2 Å². The van der Waals surface area contributed by atoms with E-state index in [1.807, 2.05) is 0 Å². The molecule has 0 atom stereocenters. The van der Waals surface area contributed by atoms with E-state index in [0.717, 1.165) is 17.7 Å². The summed E-state index contributed by atoms with van der Waals surface area (Å²) in [4.78, 5) is 14.1. The van der Waals surface area contributed by atoms with E-state index >= 15 is 0 Å². The largest absolute Gasteiger partial charge is 0.377 e. The van der Waals surface area contributed by atoms with Crippen LogP contribution in [0.4, 0.5) is 0 Å². The third kappa shape index (κ3) is 1.68. The third-order valence-electron chi connectivity index (χ3n) is 2.94. The van der Waals surface area contributed by atoms with E-state index in [9.17, 15) is 4.79 Å². The van der Waals surface area contributed by atoms with Crippen LogP contribution in [0.15, 0.2) is 6.07 Å². The second-order valence-electron chi connectivity index (χ2n) is 4.12. The Bertz CT molecular complexity index is 374. The number of aryl methyl sites for hydroxylation is 2. The van der Waals surface area contributed by atoms with Crippen LogP contribution in [0.2, 0.25) is 0 Å². The molecule has 0 saturated carbocycles.